The molecule has 1 heterocycles. The number of nitrogens with one attached hydrogen (secondary N) is 2. The van der Waals surface area contributed by atoms with Crippen LogP contribution in [0.2, 0.25) is 0 Å². The predicted molar refractivity (Wildman–Crippen MR) is 91.9 cm³/mol. The van der Waals surface area contributed by atoms with Gasteiger partial charge >= 0.3 is 0 Å². The van der Waals surface area contributed by atoms with Crippen molar-refractivity contribution in [3.8, 4) is 0 Å². The molecule has 0 unspecified atom stereocenters. The van der Waals surface area contributed by atoms with Gasteiger partial charge in [-0.25, -0.2) is 0 Å². The highest BCUT2D eigenvalue weighted by Crippen LogP contribution is 2.28. The lowest BCUT2D eigenvalue weighted by atomic mass is 10.0. The molecule has 136 valence electrons. The number of rotatable bonds is 6. The van der Waals surface area contributed by atoms with E-state index >= 15 is 0 Å². The number of carbonyl (C=O) groups excluding carboxylic acids is 2. The Hall–Kier alpha value is -1.96. The van der Waals surface area contributed by atoms with Crippen LogP contribution in [0.4, 0.5) is 0 Å². The summed E-state index contributed by atoms with van der Waals surface area (Å²) in [7, 11) is 0. The molecule has 3 rings (SSSR count). The number of aliphatic hydroxyl groups excluding tert-OH is 2. The minimum Gasteiger partial charge on any atom is -0.394 e. The van der Waals surface area contributed by atoms with Gasteiger partial charge in [0.05, 0.1) is 31.7 Å². The van der Waals surface area contributed by atoms with Crippen LogP contribution in [0, 0.1) is 0 Å². The summed E-state index contributed by atoms with van der Waals surface area (Å²) in [5.41, 5.74) is 2.62. The van der Waals surface area contributed by atoms with Crippen molar-refractivity contribution in [1.82, 2.24) is 15.5 Å². The maximum atomic E-state index is 12.4. The molecule has 1 atom stereocenters. The third-order valence-electron chi connectivity index (χ3n) is 5.06. The quantitative estimate of drug-likeness (QED) is 0.519. The van der Waals surface area contributed by atoms with Crippen molar-refractivity contribution in [2.24, 2.45) is 0 Å². The van der Waals surface area contributed by atoms with E-state index in [1.165, 1.54) is 11.1 Å². The summed E-state index contributed by atoms with van der Waals surface area (Å²) in [4.78, 5) is 26.7. The van der Waals surface area contributed by atoms with Gasteiger partial charge in [0.25, 0.3) is 0 Å². The van der Waals surface area contributed by atoms with Gasteiger partial charge in [-0.05, 0) is 24.0 Å². The average molecular weight is 347 g/mol. The van der Waals surface area contributed by atoms with Gasteiger partial charge in [0.15, 0.2) is 0 Å². The van der Waals surface area contributed by atoms with Crippen LogP contribution in [0.15, 0.2) is 24.3 Å². The molecule has 1 saturated heterocycles. The Balaban J connectivity index is 1.68. The maximum absolute atomic E-state index is 12.4. The summed E-state index contributed by atoms with van der Waals surface area (Å²) in [6, 6.07) is 7.29. The molecule has 0 spiro atoms. The van der Waals surface area contributed by atoms with Crippen LogP contribution in [-0.2, 0) is 22.4 Å². The third-order valence-corrected chi connectivity index (χ3v) is 5.06. The van der Waals surface area contributed by atoms with Gasteiger partial charge in [-0.3, -0.25) is 14.5 Å². The van der Waals surface area contributed by atoms with E-state index in [4.69, 9.17) is 10.2 Å². The van der Waals surface area contributed by atoms with E-state index in [9.17, 15) is 9.59 Å². The number of amides is 2. The Kier molecular flexibility index (Phi) is 5.67. The highest BCUT2D eigenvalue weighted by molar-refractivity contribution is 5.89. The Morgan fingerprint density at radius 2 is 1.88 bits per heavy atom. The summed E-state index contributed by atoms with van der Waals surface area (Å²) in [6.07, 6.45) is 1.80. The highest BCUT2D eigenvalue weighted by atomic mass is 16.3. The molecule has 0 aromatic heterocycles. The largest absolute Gasteiger partial charge is 0.394 e. The van der Waals surface area contributed by atoms with Gasteiger partial charge in [0.1, 0.15) is 0 Å². The van der Waals surface area contributed by atoms with Gasteiger partial charge in [0.2, 0.25) is 11.8 Å². The summed E-state index contributed by atoms with van der Waals surface area (Å²) < 4.78 is 0. The van der Waals surface area contributed by atoms with Crippen LogP contribution in [0.25, 0.3) is 0 Å². The van der Waals surface area contributed by atoms with Crippen LogP contribution in [0.1, 0.15) is 17.5 Å². The van der Waals surface area contributed by atoms with Crippen molar-refractivity contribution in [3.05, 3.63) is 35.4 Å². The number of aliphatic hydroxyl groups is 2. The fourth-order valence-corrected chi connectivity index (χ4v) is 3.76. The second-order valence-corrected chi connectivity index (χ2v) is 6.71. The Morgan fingerprint density at radius 1 is 1.24 bits per heavy atom. The molecule has 1 aromatic carbocycles. The van der Waals surface area contributed by atoms with Crippen LogP contribution in [0.3, 0.4) is 0 Å². The van der Waals surface area contributed by atoms with E-state index in [2.05, 4.69) is 27.7 Å². The molecule has 1 aromatic rings. The molecule has 0 saturated carbocycles. The normalized spacial score (nSPS) is 21.2. The van der Waals surface area contributed by atoms with Crippen molar-refractivity contribution < 1.29 is 19.8 Å². The predicted octanol–water partition coefficient (Wildman–Crippen LogP) is -1.19. The smallest absolute Gasteiger partial charge is 0.237 e. The first-order chi connectivity index (χ1) is 12.1. The van der Waals surface area contributed by atoms with Crippen LogP contribution in [-0.4, -0.2) is 71.4 Å². The summed E-state index contributed by atoms with van der Waals surface area (Å²) in [5, 5.41) is 23.6. The minimum absolute atomic E-state index is 0.0230. The van der Waals surface area contributed by atoms with E-state index in [1.807, 2.05) is 12.1 Å². The summed E-state index contributed by atoms with van der Waals surface area (Å²) in [6.45, 7) is 0.632. The van der Waals surface area contributed by atoms with Gasteiger partial charge in [-0.1, -0.05) is 24.3 Å². The van der Waals surface area contributed by atoms with E-state index in [0.717, 1.165) is 12.8 Å². The molecule has 0 bridgehead atoms. The Morgan fingerprint density at radius 3 is 2.48 bits per heavy atom. The number of hydrogen-bond acceptors (Lipinski definition) is 5. The zero-order valence-electron chi connectivity index (χ0n) is 14.1. The molecule has 0 radical (unpaired) electrons. The summed E-state index contributed by atoms with van der Waals surface area (Å²) in [5.74, 6) is -0.474. The third kappa shape index (κ3) is 4.00. The van der Waals surface area contributed by atoms with Crippen LogP contribution in [0.5, 0.6) is 0 Å². The molecule has 7 heteroatoms. The molecular formula is C18H25N3O4. The zero-order chi connectivity index (χ0) is 17.8. The van der Waals surface area contributed by atoms with Crippen molar-refractivity contribution in [2.45, 2.75) is 37.4 Å². The molecule has 2 amide bonds. The maximum Gasteiger partial charge on any atom is 0.237 e. The van der Waals surface area contributed by atoms with Crippen LogP contribution >= 0.6 is 0 Å². The van der Waals surface area contributed by atoms with Crippen molar-refractivity contribution >= 4 is 11.8 Å². The monoisotopic (exact) mass is 347 g/mol. The van der Waals surface area contributed by atoms with Crippen molar-refractivity contribution in [3.63, 3.8) is 0 Å². The lowest BCUT2D eigenvalue weighted by Gasteiger charge is -2.39. The van der Waals surface area contributed by atoms with Gasteiger partial charge < -0.3 is 20.8 Å². The standard InChI is InChI=1S/C18H25N3O4/c22-10-14(11-23)20-17(24)9-16-18(25)19-5-6-21(16)15-7-12-3-1-2-4-13(12)8-15/h1-4,14-16,22-23H,5-11H2,(H,19,25)(H,20,24)/t16-/m0/s1. The fourth-order valence-electron chi connectivity index (χ4n) is 3.76. The van der Waals surface area contributed by atoms with Crippen molar-refractivity contribution in [2.75, 3.05) is 26.3 Å². The SMILES string of the molecule is O=C(C[C@H]1C(=O)NCCN1C1Cc2ccccc2C1)NC(CO)CO. The molecule has 1 aliphatic carbocycles. The van der Waals surface area contributed by atoms with E-state index in [0.29, 0.717) is 13.1 Å². The lowest BCUT2D eigenvalue weighted by Crippen LogP contribution is -2.60. The first kappa shape index (κ1) is 17.8. The Bertz CT molecular complexity index is 608. The number of fused-ring (bicyclic) bond motifs is 1. The molecule has 1 aliphatic heterocycles. The van der Waals surface area contributed by atoms with E-state index in [1.54, 1.807) is 0 Å². The van der Waals surface area contributed by atoms with E-state index < -0.39 is 12.1 Å². The molecule has 2 aliphatic rings. The molecule has 4 N–H and O–H groups in total. The topological polar surface area (TPSA) is 102 Å². The number of carbonyl (C=O) groups is 2. The minimum atomic E-state index is -0.691. The molecule has 7 nitrogen and oxygen atoms in total. The van der Waals surface area contributed by atoms with Gasteiger partial charge in [0, 0.05) is 19.1 Å². The second kappa shape index (κ2) is 7.95. The van der Waals surface area contributed by atoms with Gasteiger partial charge in [-0.15, -0.1) is 0 Å². The Labute approximate surface area is 147 Å². The summed E-state index contributed by atoms with van der Waals surface area (Å²) >= 11 is 0. The molecule has 1 fully saturated rings. The average Bonchev–Trinajstić information content (AvgIpc) is 3.05. The van der Waals surface area contributed by atoms with E-state index in [-0.39, 0.29) is 37.5 Å². The van der Waals surface area contributed by atoms with Crippen LogP contribution < -0.4 is 10.6 Å². The highest BCUT2D eigenvalue weighted by Gasteiger charge is 2.38. The number of benzene rings is 1. The zero-order valence-corrected chi connectivity index (χ0v) is 14.1. The van der Waals surface area contributed by atoms with Gasteiger partial charge in [-0.2, -0.15) is 0 Å². The number of nitrogens with zero attached hydrogens (tertiary/aromatic N) is 1. The first-order valence-electron chi connectivity index (χ1n) is 8.73. The molecule has 25 heavy (non-hydrogen) atoms. The lowest BCUT2D eigenvalue weighted by molar-refractivity contribution is -0.135. The van der Waals surface area contributed by atoms with Crippen molar-refractivity contribution in [1.29, 1.82) is 0 Å². The number of hydrogen-bond donors (Lipinski definition) is 4. The fraction of sp³-hybridized carbons (Fsp3) is 0.556. The number of piperazine rings is 1. The first-order valence-corrected chi connectivity index (χ1v) is 8.73. The molecular weight excluding hydrogens is 322 g/mol. The second-order valence-electron chi connectivity index (χ2n) is 6.71.